The van der Waals surface area contributed by atoms with Crippen molar-refractivity contribution < 1.29 is 14.0 Å². The molecular formula is C16H23FN2O2. The molecule has 1 N–H and O–H groups in total. The van der Waals surface area contributed by atoms with Crippen LogP contribution in [-0.2, 0) is 16.1 Å². The third kappa shape index (κ3) is 5.17. The maximum Gasteiger partial charge on any atom is 0.242 e. The number of nitrogens with zero attached hydrogens (tertiary/aromatic N) is 1. The highest BCUT2D eigenvalue weighted by Gasteiger charge is 2.24. The fraction of sp³-hybridized carbons (Fsp3) is 0.500. The summed E-state index contributed by atoms with van der Waals surface area (Å²) in [7, 11) is 0. The van der Waals surface area contributed by atoms with Crippen LogP contribution < -0.4 is 5.32 Å². The van der Waals surface area contributed by atoms with Gasteiger partial charge in [-0.1, -0.05) is 26.0 Å². The second-order valence-corrected chi connectivity index (χ2v) is 4.97. The summed E-state index contributed by atoms with van der Waals surface area (Å²) in [5.74, 6) is -0.583. The molecule has 5 heteroatoms. The second kappa shape index (κ2) is 8.39. The Kier molecular flexibility index (Phi) is 6.85. The minimum absolute atomic E-state index is 0.0986. The van der Waals surface area contributed by atoms with Crippen LogP contribution in [0.5, 0.6) is 0 Å². The van der Waals surface area contributed by atoms with E-state index in [1.807, 2.05) is 6.92 Å². The summed E-state index contributed by atoms with van der Waals surface area (Å²) < 4.78 is 12.9. The average molecular weight is 294 g/mol. The number of carbonyl (C=O) groups is 2. The molecular weight excluding hydrogens is 271 g/mol. The Bertz CT molecular complexity index is 474. The van der Waals surface area contributed by atoms with Crippen molar-refractivity contribution >= 4 is 11.8 Å². The van der Waals surface area contributed by atoms with Crippen molar-refractivity contribution in [1.29, 1.82) is 0 Å². The summed E-state index contributed by atoms with van der Waals surface area (Å²) in [6, 6.07) is 5.41. The standard InChI is InChI=1S/C16H23FN2O2/c1-4-10-18-16(21)12(3)19(15(20)5-2)11-13-6-8-14(17)9-7-13/h6-9,12H,4-5,10-11H2,1-3H3,(H,18,21)/t12-/m0/s1. The van der Waals surface area contributed by atoms with Crippen molar-refractivity contribution in [2.45, 2.75) is 46.2 Å². The Morgan fingerprint density at radius 2 is 1.86 bits per heavy atom. The molecule has 0 aromatic heterocycles. The molecule has 2 amide bonds. The fourth-order valence-corrected chi connectivity index (χ4v) is 1.97. The topological polar surface area (TPSA) is 49.4 Å². The van der Waals surface area contributed by atoms with Gasteiger partial charge in [-0.2, -0.15) is 0 Å². The van der Waals surface area contributed by atoms with Gasteiger partial charge in [-0.25, -0.2) is 4.39 Å². The highest BCUT2D eigenvalue weighted by atomic mass is 19.1. The van der Waals surface area contributed by atoms with Gasteiger partial charge in [-0.05, 0) is 31.0 Å². The molecule has 1 rings (SSSR count). The lowest BCUT2D eigenvalue weighted by atomic mass is 10.1. The molecule has 21 heavy (non-hydrogen) atoms. The summed E-state index contributed by atoms with van der Waals surface area (Å²) in [4.78, 5) is 25.6. The average Bonchev–Trinajstić information content (AvgIpc) is 2.50. The molecule has 1 aromatic rings. The van der Waals surface area contributed by atoms with Crippen LogP contribution >= 0.6 is 0 Å². The predicted molar refractivity (Wildman–Crippen MR) is 80.0 cm³/mol. The number of carbonyl (C=O) groups excluding carboxylic acids is 2. The zero-order valence-electron chi connectivity index (χ0n) is 12.9. The van der Waals surface area contributed by atoms with E-state index in [1.165, 1.54) is 17.0 Å². The van der Waals surface area contributed by atoms with E-state index in [9.17, 15) is 14.0 Å². The number of amides is 2. The summed E-state index contributed by atoms with van der Waals surface area (Å²) in [5, 5.41) is 2.79. The maximum absolute atomic E-state index is 12.9. The first-order valence-corrected chi connectivity index (χ1v) is 7.31. The molecule has 0 unspecified atom stereocenters. The van der Waals surface area contributed by atoms with Gasteiger partial charge in [0.2, 0.25) is 11.8 Å². The van der Waals surface area contributed by atoms with E-state index in [1.54, 1.807) is 26.0 Å². The van der Waals surface area contributed by atoms with Crippen molar-refractivity contribution in [2.75, 3.05) is 6.54 Å². The molecule has 116 valence electrons. The van der Waals surface area contributed by atoms with E-state index in [2.05, 4.69) is 5.32 Å². The molecule has 0 fully saturated rings. The smallest absolute Gasteiger partial charge is 0.242 e. The van der Waals surface area contributed by atoms with Gasteiger partial charge in [0.05, 0.1) is 0 Å². The van der Waals surface area contributed by atoms with Crippen LogP contribution in [0, 0.1) is 5.82 Å². The monoisotopic (exact) mass is 294 g/mol. The van der Waals surface area contributed by atoms with Crippen molar-refractivity contribution in [3.05, 3.63) is 35.6 Å². The van der Waals surface area contributed by atoms with Crippen LogP contribution in [0.2, 0.25) is 0 Å². The van der Waals surface area contributed by atoms with Crippen LogP contribution in [0.1, 0.15) is 39.2 Å². The van der Waals surface area contributed by atoms with Gasteiger partial charge in [-0.15, -0.1) is 0 Å². The summed E-state index contributed by atoms with van der Waals surface area (Å²) in [6.45, 7) is 6.33. The number of rotatable bonds is 7. The van der Waals surface area contributed by atoms with Crippen molar-refractivity contribution in [3.63, 3.8) is 0 Å². The Hall–Kier alpha value is -1.91. The number of hydrogen-bond acceptors (Lipinski definition) is 2. The van der Waals surface area contributed by atoms with Gasteiger partial charge in [0, 0.05) is 19.5 Å². The molecule has 1 atom stereocenters. The highest BCUT2D eigenvalue weighted by molar-refractivity contribution is 5.87. The molecule has 0 aliphatic heterocycles. The largest absolute Gasteiger partial charge is 0.354 e. The van der Waals surface area contributed by atoms with Crippen LogP contribution in [0.25, 0.3) is 0 Å². The molecule has 4 nitrogen and oxygen atoms in total. The second-order valence-electron chi connectivity index (χ2n) is 4.97. The molecule has 0 saturated carbocycles. The Balaban J connectivity index is 2.82. The van der Waals surface area contributed by atoms with E-state index in [0.29, 0.717) is 19.5 Å². The van der Waals surface area contributed by atoms with Crippen molar-refractivity contribution in [2.24, 2.45) is 0 Å². The third-order valence-electron chi connectivity index (χ3n) is 3.29. The minimum atomic E-state index is -0.547. The maximum atomic E-state index is 12.9. The van der Waals surface area contributed by atoms with Gasteiger partial charge < -0.3 is 10.2 Å². The van der Waals surface area contributed by atoms with Gasteiger partial charge >= 0.3 is 0 Å². The minimum Gasteiger partial charge on any atom is -0.354 e. The fourth-order valence-electron chi connectivity index (χ4n) is 1.97. The van der Waals surface area contributed by atoms with E-state index < -0.39 is 6.04 Å². The third-order valence-corrected chi connectivity index (χ3v) is 3.29. The normalized spacial score (nSPS) is 11.8. The quantitative estimate of drug-likeness (QED) is 0.840. The first-order valence-electron chi connectivity index (χ1n) is 7.31. The zero-order valence-corrected chi connectivity index (χ0v) is 12.9. The van der Waals surface area contributed by atoms with E-state index in [4.69, 9.17) is 0 Å². The van der Waals surface area contributed by atoms with Crippen molar-refractivity contribution in [1.82, 2.24) is 10.2 Å². The first-order chi connectivity index (χ1) is 9.99. The lowest BCUT2D eigenvalue weighted by Gasteiger charge is -2.28. The zero-order chi connectivity index (χ0) is 15.8. The number of halogens is 1. The lowest BCUT2D eigenvalue weighted by Crippen LogP contribution is -2.47. The van der Waals surface area contributed by atoms with Gasteiger partial charge in [0.15, 0.2) is 0 Å². The number of hydrogen-bond donors (Lipinski definition) is 1. The van der Waals surface area contributed by atoms with Gasteiger partial charge in [0.25, 0.3) is 0 Å². The first kappa shape index (κ1) is 17.1. The van der Waals surface area contributed by atoms with Gasteiger partial charge in [-0.3, -0.25) is 9.59 Å². The summed E-state index contributed by atoms with van der Waals surface area (Å²) in [5.41, 5.74) is 0.799. The van der Waals surface area contributed by atoms with Crippen molar-refractivity contribution in [3.8, 4) is 0 Å². The predicted octanol–water partition coefficient (Wildman–Crippen LogP) is 2.48. The van der Waals surface area contributed by atoms with Crippen LogP contribution in [0.4, 0.5) is 4.39 Å². The lowest BCUT2D eigenvalue weighted by molar-refractivity contribution is -0.140. The molecule has 0 aliphatic rings. The van der Waals surface area contributed by atoms with E-state index in [0.717, 1.165) is 12.0 Å². The van der Waals surface area contributed by atoms with Crippen LogP contribution in [0.3, 0.4) is 0 Å². The number of benzene rings is 1. The Morgan fingerprint density at radius 3 is 2.38 bits per heavy atom. The molecule has 1 aromatic carbocycles. The Labute approximate surface area is 125 Å². The molecule has 0 heterocycles. The molecule has 0 radical (unpaired) electrons. The molecule has 0 aliphatic carbocycles. The van der Waals surface area contributed by atoms with Gasteiger partial charge in [0.1, 0.15) is 11.9 Å². The van der Waals surface area contributed by atoms with Crippen LogP contribution in [0.15, 0.2) is 24.3 Å². The molecule has 0 spiro atoms. The molecule has 0 saturated heterocycles. The Morgan fingerprint density at radius 1 is 1.24 bits per heavy atom. The van der Waals surface area contributed by atoms with E-state index in [-0.39, 0.29) is 17.6 Å². The van der Waals surface area contributed by atoms with Crippen LogP contribution in [-0.4, -0.2) is 29.3 Å². The number of nitrogens with one attached hydrogen (secondary N) is 1. The highest BCUT2D eigenvalue weighted by Crippen LogP contribution is 2.11. The SMILES string of the molecule is CCCNC(=O)[C@H](C)N(Cc1ccc(F)cc1)C(=O)CC. The van der Waals surface area contributed by atoms with E-state index >= 15 is 0 Å². The summed E-state index contributed by atoms with van der Waals surface area (Å²) >= 11 is 0. The summed E-state index contributed by atoms with van der Waals surface area (Å²) in [6.07, 6.45) is 1.17. The molecule has 0 bridgehead atoms.